The van der Waals surface area contributed by atoms with Crippen LogP contribution >= 0.6 is 0 Å². The Bertz CT molecular complexity index is 593. The van der Waals surface area contributed by atoms with Gasteiger partial charge in [-0.1, -0.05) is 31.2 Å². The number of hydrogen-bond donors (Lipinski definition) is 2. The maximum atomic E-state index is 12.1. The molecule has 0 radical (unpaired) electrons. The van der Waals surface area contributed by atoms with E-state index in [4.69, 9.17) is 0 Å². The van der Waals surface area contributed by atoms with Crippen molar-refractivity contribution in [1.82, 2.24) is 5.32 Å². The van der Waals surface area contributed by atoms with Crippen molar-refractivity contribution in [1.29, 1.82) is 0 Å². The van der Waals surface area contributed by atoms with Gasteiger partial charge in [-0.3, -0.25) is 4.79 Å². The Labute approximate surface area is 126 Å². The highest BCUT2D eigenvalue weighted by molar-refractivity contribution is 6.04. The standard InChI is InChI=1S/C18H22N2O/c1-3-11-19-13-16-12-17(10-9-14(16)2)20-18(21)15-7-5-4-6-8-15/h4-10,12,19H,3,11,13H2,1-2H3,(H,20,21). The first kappa shape index (κ1) is 15.3. The van der Waals surface area contributed by atoms with E-state index in [-0.39, 0.29) is 5.91 Å². The van der Waals surface area contributed by atoms with Crippen LogP contribution in [0.2, 0.25) is 0 Å². The first-order chi connectivity index (χ1) is 10.2. The molecule has 2 aromatic carbocycles. The van der Waals surface area contributed by atoms with E-state index in [1.54, 1.807) is 0 Å². The van der Waals surface area contributed by atoms with Crippen LogP contribution < -0.4 is 10.6 Å². The highest BCUT2D eigenvalue weighted by atomic mass is 16.1. The lowest BCUT2D eigenvalue weighted by Gasteiger charge is -2.11. The summed E-state index contributed by atoms with van der Waals surface area (Å²) < 4.78 is 0. The van der Waals surface area contributed by atoms with Gasteiger partial charge >= 0.3 is 0 Å². The van der Waals surface area contributed by atoms with Crippen molar-refractivity contribution >= 4 is 11.6 Å². The fraction of sp³-hybridized carbons (Fsp3) is 0.278. The van der Waals surface area contributed by atoms with E-state index in [1.165, 1.54) is 11.1 Å². The van der Waals surface area contributed by atoms with Crippen molar-refractivity contribution in [3.63, 3.8) is 0 Å². The number of aryl methyl sites for hydroxylation is 1. The van der Waals surface area contributed by atoms with Gasteiger partial charge in [0.2, 0.25) is 0 Å². The summed E-state index contributed by atoms with van der Waals surface area (Å²) in [6.07, 6.45) is 1.11. The van der Waals surface area contributed by atoms with E-state index in [2.05, 4.69) is 24.5 Å². The van der Waals surface area contributed by atoms with E-state index in [0.29, 0.717) is 5.56 Å². The number of anilines is 1. The van der Waals surface area contributed by atoms with Crippen LogP contribution in [0.5, 0.6) is 0 Å². The lowest BCUT2D eigenvalue weighted by molar-refractivity contribution is 0.102. The summed E-state index contributed by atoms with van der Waals surface area (Å²) in [5.74, 6) is -0.0769. The summed E-state index contributed by atoms with van der Waals surface area (Å²) in [5.41, 5.74) is 3.96. The average molecular weight is 282 g/mol. The fourth-order valence-corrected chi connectivity index (χ4v) is 2.13. The number of nitrogens with one attached hydrogen (secondary N) is 2. The molecule has 2 aromatic rings. The quantitative estimate of drug-likeness (QED) is 0.792. The molecule has 1 amide bonds. The van der Waals surface area contributed by atoms with Crippen LogP contribution in [0.15, 0.2) is 48.5 Å². The normalized spacial score (nSPS) is 10.4. The predicted octanol–water partition coefficient (Wildman–Crippen LogP) is 3.75. The van der Waals surface area contributed by atoms with Gasteiger partial charge in [0.25, 0.3) is 5.91 Å². The molecule has 2 N–H and O–H groups in total. The Kier molecular flexibility index (Phi) is 5.52. The number of carbonyl (C=O) groups is 1. The smallest absolute Gasteiger partial charge is 0.255 e. The zero-order valence-electron chi connectivity index (χ0n) is 12.6. The maximum absolute atomic E-state index is 12.1. The molecule has 3 heteroatoms. The molecule has 0 fully saturated rings. The van der Waals surface area contributed by atoms with Crippen LogP contribution in [0.25, 0.3) is 0 Å². The van der Waals surface area contributed by atoms with Gasteiger partial charge in [0.1, 0.15) is 0 Å². The molecule has 0 aliphatic carbocycles. The van der Waals surface area contributed by atoms with Crippen molar-refractivity contribution in [2.75, 3.05) is 11.9 Å². The largest absolute Gasteiger partial charge is 0.322 e. The fourth-order valence-electron chi connectivity index (χ4n) is 2.13. The first-order valence-electron chi connectivity index (χ1n) is 7.37. The summed E-state index contributed by atoms with van der Waals surface area (Å²) in [7, 11) is 0. The minimum Gasteiger partial charge on any atom is -0.322 e. The molecule has 0 bridgehead atoms. The van der Waals surface area contributed by atoms with E-state index < -0.39 is 0 Å². The monoisotopic (exact) mass is 282 g/mol. The third-order valence-electron chi connectivity index (χ3n) is 3.39. The topological polar surface area (TPSA) is 41.1 Å². The summed E-state index contributed by atoms with van der Waals surface area (Å²) in [5, 5.41) is 6.34. The zero-order valence-corrected chi connectivity index (χ0v) is 12.6. The Hall–Kier alpha value is -2.13. The van der Waals surface area contributed by atoms with Crippen LogP contribution in [0.4, 0.5) is 5.69 Å². The molecule has 0 spiro atoms. The van der Waals surface area contributed by atoms with E-state index in [0.717, 1.165) is 25.2 Å². The average Bonchev–Trinajstić information content (AvgIpc) is 2.51. The number of amides is 1. The van der Waals surface area contributed by atoms with Crippen molar-refractivity contribution in [3.8, 4) is 0 Å². The predicted molar refractivity (Wildman–Crippen MR) is 87.6 cm³/mol. The lowest BCUT2D eigenvalue weighted by Crippen LogP contribution is -2.16. The molecule has 21 heavy (non-hydrogen) atoms. The number of rotatable bonds is 6. The maximum Gasteiger partial charge on any atom is 0.255 e. The Morgan fingerprint density at radius 3 is 2.57 bits per heavy atom. The molecule has 0 aliphatic heterocycles. The molecule has 2 rings (SSSR count). The zero-order chi connectivity index (χ0) is 15.1. The van der Waals surface area contributed by atoms with Crippen LogP contribution in [0.1, 0.15) is 34.8 Å². The second-order valence-corrected chi connectivity index (χ2v) is 5.14. The van der Waals surface area contributed by atoms with Gasteiger partial charge in [0, 0.05) is 17.8 Å². The van der Waals surface area contributed by atoms with Gasteiger partial charge < -0.3 is 10.6 Å². The molecule has 3 nitrogen and oxygen atoms in total. The first-order valence-corrected chi connectivity index (χ1v) is 7.37. The van der Waals surface area contributed by atoms with Crippen molar-refractivity contribution in [2.24, 2.45) is 0 Å². The third kappa shape index (κ3) is 4.43. The van der Waals surface area contributed by atoms with Gasteiger partial charge in [0.15, 0.2) is 0 Å². The highest BCUT2D eigenvalue weighted by Gasteiger charge is 2.06. The molecule has 110 valence electrons. The summed E-state index contributed by atoms with van der Waals surface area (Å²) in [4.78, 5) is 12.1. The third-order valence-corrected chi connectivity index (χ3v) is 3.39. The van der Waals surface area contributed by atoms with Crippen molar-refractivity contribution in [2.45, 2.75) is 26.8 Å². The van der Waals surface area contributed by atoms with Gasteiger partial charge in [-0.15, -0.1) is 0 Å². The molecule has 0 unspecified atom stereocenters. The molecular formula is C18H22N2O. The molecule has 0 saturated heterocycles. The minimum absolute atomic E-state index is 0.0769. The number of benzene rings is 2. The van der Waals surface area contributed by atoms with Gasteiger partial charge in [0.05, 0.1) is 0 Å². The molecule has 0 saturated carbocycles. The van der Waals surface area contributed by atoms with E-state index in [1.807, 2.05) is 48.5 Å². The van der Waals surface area contributed by atoms with Crippen LogP contribution in [0, 0.1) is 6.92 Å². The highest BCUT2D eigenvalue weighted by Crippen LogP contribution is 2.16. The number of carbonyl (C=O) groups excluding carboxylic acids is 1. The van der Waals surface area contributed by atoms with E-state index >= 15 is 0 Å². The summed E-state index contributed by atoms with van der Waals surface area (Å²) >= 11 is 0. The number of hydrogen-bond acceptors (Lipinski definition) is 2. The second kappa shape index (κ2) is 7.60. The van der Waals surface area contributed by atoms with Crippen molar-refractivity contribution in [3.05, 3.63) is 65.2 Å². The minimum atomic E-state index is -0.0769. The second-order valence-electron chi connectivity index (χ2n) is 5.14. The molecule has 0 atom stereocenters. The SMILES string of the molecule is CCCNCc1cc(NC(=O)c2ccccc2)ccc1C. The Balaban J connectivity index is 2.06. The van der Waals surface area contributed by atoms with Crippen LogP contribution in [-0.4, -0.2) is 12.5 Å². The van der Waals surface area contributed by atoms with Crippen LogP contribution in [0.3, 0.4) is 0 Å². The molecule has 0 heterocycles. The van der Waals surface area contributed by atoms with Gasteiger partial charge in [-0.05, 0) is 55.3 Å². The molecule has 0 aromatic heterocycles. The van der Waals surface area contributed by atoms with Crippen LogP contribution in [-0.2, 0) is 6.54 Å². The molecular weight excluding hydrogens is 260 g/mol. The summed E-state index contributed by atoms with van der Waals surface area (Å²) in [6, 6.07) is 15.3. The molecule has 0 aliphatic rings. The van der Waals surface area contributed by atoms with E-state index in [9.17, 15) is 4.79 Å². The Morgan fingerprint density at radius 1 is 1.10 bits per heavy atom. The lowest BCUT2D eigenvalue weighted by atomic mass is 10.1. The summed E-state index contributed by atoms with van der Waals surface area (Å²) in [6.45, 7) is 6.07. The Morgan fingerprint density at radius 2 is 1.86 bits per heavy atom. The van der Waals surface area contributed by atoms with Crippen molar-refractivity contribution < 1.29 is 4.79 Å². The van der Waals surface area contributed by atoms with Gasteiger partial charge in [-0.2, -0.15) is 0 Å². The van der Waals surface area contributed by atoms with Gasteiger partial charge in [-0.25, -0.2) is 0 Å².